The molecule has 0 aliphatic carbocycles. The third-order valence-corrected chi connectivity index (χ3v) is 4.13. The highest BCUT2D eigenvalue weighted by Gasteiger charge is 2.21. The van der Waals surface area contributed by atoms with Gasteiger partial charge in [-0.3, -0.25) is 0 Å². The van der Waals surface area contributed by atoms with E-state index in [4.69, 9.17) is 27.9 Å². The Morgan fingerprint density at radius 2 is 1.92 bits per heavy atom. The maximum Gasteiger partial charge on any atom is 0.354 e. The number of nitrogens with zero attached hydrogens (tertiary/aromatic N) is 2. The van der Waals surface area contributed by atoms with Crippen LogP contribution < -0.4 is 4.74 Å². The summed E-state index contributed by atoms with van der Waals surface area (Å²) in [7, 11) is 1.47. The molecule has 1 N–H and O–H groups in total. The van der Waals surface area contributed by atoms with E-state index in [0.717, 1.165) is 6.07 Å². The van der Waals surface area contributed by atoms with E-state index in [2.05, 4.69) is 5.10 Å². The maximum absolute atomic E-state index is 13.8. The third kappa shape index (κ3) is 3.18. The summed E-state index contributed by atoms with van der Waals surface area (Å²) in [4.78, 5) is 11.6. The van der Waals surface area contributed by atoms with Gasteiger partial charge in [-0.2, -0.15) is 5.10 Å². The molecule has 3 aromatic rings. The highest BCUT2D eigenvalue weighted by atomic mass is 35.5. The van der Waals surface area contributed by atoms with Crippen LogP contribution >= 0.6 is 23.2 Å². The van der Waals surface area contributed by atoms with Crippen molar-refractivity contribution >= 4 is 29.2 Å². The highest BCUT2D eigenvalue weighted by molar-refractivity contribution is 6.36. The monoisotopic (exact) mass is 380 g/mol. The Morgan fingerprint density at radius 3 is 2.60 bits per heavy atom. The minimum Gasteiger partial charge on any atom is -0.494 e. The molecule has 0 fully saturated rings. The number of methoxy groups -OCH3 is 1. The number of aromatic carboxylic acids is 1. The summed E-state index contributed by atoms with van der Waals surface area (Å²) in [5.74, 6) is -1.44. The van der Waals surface area contributed by atoms with Crippen molar-refractivity contribution in [2.24, 2.45) is 0 Å². The van der Waals surface area contributed by atoms with Gasteiger partial charge in [0, 0.05) is 5.56 Å². The molecule has 1 heterocycles. The number of carboxylic acids is 1. The summed E-state index contributed by atoms with van der Waals surface area (Å²) in [6.07, 6.45) is 0. The van der Waals surface area contributed by atoms with Gasteiger partial charge in [0.25, 0.3) is 0 Å². The van der Waals surface area contributed by atoms with E-state index < -0.39 is 11.8 Å². The van der Waals surface area contributed by atoms with Crippen LogP contribution in [0.15, 0.2) is 42.5 Å². The lowest BCUT2D eigenvalue weighted by Crippen LogP contribution is -2.09. The van der Waals surface area contributed by atoms with Crippen molar-refractivity contribution in [2.45, 2.75) is 0 Å². The van der Waals surface area contributed by atoms with E-state index >= 15 is 0 Å². The molecule has 0 aliphatic heterocycles. The number of halogens is 3. The van der Waals surface area contributed by atoms with E-state index in [1.165, 1.54) is 23.9 Å². The Bertz CT molecular complexity index is 973. The Labute approximate surface area is 152 Å². The molecule has 0 radical (unpaired) electrons. The summed E-state index contributed by atoms with van der Waals surface area (Å²) in [6, 6.07) is 10.5. The summed E-state index contributed by atoms with van der Waals surface area (Å²) < 4.78 is 20.2. The minimum atomic E-state index is -1.20. The summed E-state index contributed by atoms with van der Waals surface area (Å²) >= 11 is 11.8. The van der Waals surface area contributed by atoms with Gasteiger partial charge >= 0.3 is 5.97 Å². The first-order valence-electron chi connectivity index (χ1n) is 7.04. The molecule has 0 unspecified atom stereocenters. The fourth-order valence-electron chi connectivity index (χ4n) is 2.37. The predicted octanol–water partition coefficient (Wildman–Crippen LogP) is 4.69. The lowest BCUT2D eigenvalue weighted by atomic mass is 10.1. The van der Waals surface area contributed by atoms with E-state index in [0.29, 0.717) is 11.4 Å². The second kappa shape index (κ2) is 6.74. The average Bonchev–Trinajstić information content (AvgIpc) is 3.03. The van der Waals surface area contributed by atoms with Crippen molar-refractivity contribution in [1.29, 1.82) is 0 Å². The Balaban J connectivity index is 2.23. The standard InChI is InChI=1S/C17H11Cl2FN2O3/c1-25-16-5-3-2-4-14(16)22-15(17(23)24)8-13(21-22)9-6-12(20)11(19)7-10(9)18/h2-8H,1H3,(H,23,24). The molecule has 0 bridgehead atoms. The van der Waals surface area contributed by atoms with Gasteiger partial charge in [0.05, 0.1) is 22.8 Å². The largest absolute Gasteiger partial charge is 0.494 e. The molecule has 5 nitrogen and oxygen atoms in total. The van der Waals surface area contributed by atoms with Gasteiger partial charge in [-0.05, 0) is 30.3 Å². The third-order valence-electron chi connectivity index (χ3n) is 3.53. The van der Waals surface area contributed by atoms with Crippen LogP contribution in [0.2, 0.25) is 10.0 Å². The van der Waals surface area contributed by atoms with E-state index in [9.17, 15) is 14.3 Å². The Kier molecular flexibility index (Phi) is 4.65. The van der Waals surface area contributed by atoms with Gasteiger partial charge in [-0.1, -0.05) is 35.3 Å². The van der Waals surface area contributed by atoms with Gasteiger partial charge in [-0.15, -0.1) is 0 Å². The first-order valence-corrected chi connectivity index (χ1v) is 7.79. The summed E-state index contributed by atoms with van der Waals surface area (Å²) in [6.45, 7) is 0. The molecule has 0 spiro atoms. The molecule has 0 amide bonds. The Hall–Kier alpha value is -2.57. The quantitative estimate of drug-likeness (QED) is 0.666. The lowest BCUT2D eigenvalue weighted by molar-refractivity contribution is 0.0687. The summed E-state index contributed by atoms with van der Waals surface area (Å²) in [5, 5.41) is 13.8. The zero-order valence-electron chi connectivity index (χ0n) is 12.8. The lowest BCUT2D eigenvalue weighted by Gasteiger charge is -2.09. The second-order valence-corrected chi connectivity index (χ2v) is 5.86. The molecule has 0 aliphatic rings. The second-order valence-electron chi connectivity index (χ2n) is 5.05. The molecule has 8 heteroatoms. The first-order chi connectivity index (χ1) is 11.9. The van der Waals surface area contributed by atoms with Crippen LogP contribution in [0.25, 0.3) is 16.9 Å². The molecule has 128 valence electrons. The van der Waals surface area contributed by atoms with Crippen molar-refractivity contribution in [3.63, 3.8) is 0 Å². The number of ether oxygens (including phenoxy) is 1. The van der Waals surface area contributed by atoms with Gasteiger partial charge < -0.3 is 9.84 Å². The predicted molar refractivity (Wildman–Crippen MR) is 92.5 cm³/mol. The zero-order chi connectivity index (χ0) is 18.1. The van der Waals surface area contributed by atoms with Gasteiger partial charge in [-0.25, -0.2) is 13.9 Å². The first kappa shape index (κ1) is 17.3. The van der Waals surface area contributed by atoms with Gasteiger partial charge in [0.1, 0.15) is 17.3 Å². The number of aromatic nitrogens is 2. The number of benzene rings is 2. The van der Waals surface area contributed by atoms with Crippen LogP contribution in [0.1, 0.15) is 10.5 Å². The number of hydrogen-bond acceptors (Lipinski definition) is 3. The highest BCUT2D eigenvalue weighted by Crippen LogP contribution is 2.33. The normalized spacial score (nSPS) is 10.7. The smallest absolute Gasteiger partial charge is 0.354 e. The zero-order valence-corrected chi connectivity index (χ0v) is 14.3. The van der Waals surface area contributed by atoms with Crippen molar-refractivity contribution in [3.05, 3.63) is 64.0 Å². The van der Waals surface area contributed by atoms with Gasteiger partial charge in [0.2, 0.25) is 0 Å². The molecule has 0 saturated heterocycles. The molecular formula is C17H11Cl2FN2O3. The van der Waals surface area contributed by atoms with Crippen molar-refractivity contribution in [2.75, 3.05) is 7.11 Å². The Morgan fingerprint density at radius 1 is 1.20 bits per heavy atom. The molecule has 2 aromatic carbocycles. The fraction of sp³-hybridized carbons (Fsp3) is 0.0588. The number of rotatable bonds is 4. The molecule has 3 rings (SSSR count). The fourth-order valence-corrected chi connectivity index (χ4v) is 2.85. The van der Waals surface area contributed by atoms with Crippen LogP contribution in [-0.4, -0.2) is 28.0 Å². The number of para-hydroxylation sites is 2. The number of carboxylic acid groups (broad SMARTS) is 1. The average molecular weight is 381 g/mol. The number of carbonyl (C=O) groups is 1. The SMILES string of the molecule is COc1ccccc1-n1nc(-c2cc(F)c(Cl)cc2Cl)cc1C(=O)O. The van der Waals surface area contributed by atoms with E-state index in [-0.39, 0.29) is 27.0 Å². The van der Waals surface area contributed by atoms with E-state index in [1.807, 2.05) is 0 Å². The summed E-state index contributed by atoms with van der Waals surface area (Å²) in [5.41, 5.74) is 0.744. The molecule has 0 atom stereocenters. The van der Waals surface area contributed by atoms with Crippen molar-refractivity contribution < 1.29 is 19.0 Å². The molecule has 1 aromatic heterocycles. The van der Waals surface area contributed by atoms with E-state index in [1.54, 1.807) is 24.3 Å². The topological polar surface area (TPSA) is 64.4 Å². The van der Waals surface area contributed by atoms with Gasteiger partial charge in [0.15, 0.2) is 5.69 Å². The van der Waals surface area contributed by atoms with Crippen LogP contribution in [0.4, 0.5) is 4.39 Å². The number of hydrogen-bond donors (Lipinski definition) is 1. The van der Waals surface area contributed by atoms with Crippen molar-refractivity contribution in [1.82, 2.24) is 9.78 Å². The maximum atomic E-state index is 13.8. The van der Waals surface area contributed by atoms with Crippen LogP contribution in [-0.2, 0) is 0 Å². The van der Waals surface area contributed by atoms with Crippen molar-refractivity contribution in [3.8, 4) is 22.7 Å². The van der Waals surface area contributed by atoms with Crippen LogP contribution in [0, 0.1) is 5.82 Å². The molecule has 0 saturated carbocycles. The molecule has 25 heavy (non-hydrogen) atoms. The minimum absolute atomic E-state index is 0.120. The molecular weight excluding hydrogens is 370 g/mol. The van der Waals surface area contributed by atoms with Crippen LogP contribution in [0.3, 0.4) is 0 Å². The van der Waals surface area contributed by atoms with Crippen LogP contribution in [0.5, 0.6) is 5.75 Å².